The number of nitrogens with zero attached hydrogens (tertiary/aromatic N) is 3. The van der Waals surface area contributed by atoms with Crippen molar-refractivity contribution in [3.8, 4) is 0 Å². The van der Waals surface area contributed by atoms with Gasteiger partial charge in [-0.15, -0.1) is 0 Å². The number of amides is 2. The standard InChI is InChI=1S/C21H21ClN4O2/c1-14-8-11-25(12-9-14)21(28)18-17-7-2-3-10-26(17)19(24-18)20(27)23-16-6-4-5-15(22)13-16/h2-7,10,13-14H,8-9,11-12H2,1H3,(H,23,27). The number of fused-ring (bicyclic) bond motifs is 1. The maximum absolute atomic E-state index is 13.1. The molecule has 1 aliphatic heterocycles. The lowest BCUT2D eigenvalue weighted by Gasteiger charge is -2.29. The molecule has 0 spiro atoms. The maximum atomic E-state index is 13.1. The minimum Gasteiger partial charge on any atom is -0.337 e. The van der Waals surface area contributed by atoms with Crippen LogP contribution in [0.2, 0.25) is 5.02 Å². The van der Waals surface area contributed by atoms with Crippen molar-refractivity contribution in [2.24, 2.45) is 5.92 Å². The maximum Gasteiger partial charge on any atom is 0.292 e. The molecule has 2 aromatic heterocycles. The minimum absolute atomic E-state index is 0.127. The molecule has 1 aromatic carbocycles. The number of piperidine rings is 1. The van der Waals surface area contributed by atoms with Crippen LogP contribution in [0.15, 0.2) is 48.7 Å². The number of imidazole rings is 1. The van der Waals surface area contributed by atoms with Crippen molar-refractivity contribution in [3.63, 3.8) is 0 Å². The Morgan fingerprint density at radius 3 is 2.68 bits per heavy atom. The lowest BCUT2D eigenvalue weighted by molar-refractivity contribution is 0.0694. The normalized spacial score (nSPS) is 15.0. The second kappa shape index (κ2) is 7.64. The molecule has 28 heavy (non-hydrogen) atoms. The third-order valence-corrected chi connectivity index (χ3v) is 5.34. The molecule has 144 valence electrons. The molecule has 1 fully saturated rings. The second-order valence-electron chi connectivity index (χ2n) is 7.18. The van der Waals surface area contributed by atoms with Crippen molar-refractivity contribution in [3.05, 3.63) is 65.2 Å². The second-order valence-corrected chi connectivity index (χ2v) is 7.62. The molecular weight excluding hydrogens is 376 g/mol. The van der Waals surface area contributed by atoms with Crippen LogP contribution in [0.4, 0.5) is 5.69 Å². The number of nitrogens with one attached hydrogen (secondary N) is 1. The number of hydrogen-bond acceptors (Lipinski definition) is 3. The van der Waals surface area contributed by atoms with Crippen LogP contribution < -0.4 is 5.32 Å². The third-order valence-electron chi connectivity index (χ3n) is 5.11. The molecule has 3 heterocycles. The quantitative estimate of drug-likeness (QED) is 0.724. The number of likely N-dealkylation sites (tertiary alicyclic amines) is 1. The molecule has 1 aliphatic rings. The Labute approximate surface area is 168 Å². The minimum atomic E-state index is -0.394. The number of rotatable bonds is 3. The highest BCUT2D eigenvalue weighted by Gasteiger charge is 2.27. The summed E-state index contributed by atoms with van der Waals surface area (Å²) in [6, 6.07) is 12.4. The van der Waals surface area contributed by atoms with Crippen LogP contribution >= 0.6 is 11.6 Å². The molecule has 3 aromatic rings. The summed E-state index contributed by atoms with van der Waals surface area (Å²) in [6.07, 6.45) is 3.71. The molecule has 0 bridgehead atoms. The van der Waals surface area contributed by atoms with E-state index in [0.717, 1.165) is 25.9 Å². The van der Waals surface area contributed by atoms with Gasteiger partial charge in [0.15, 0.2) is 5.69 Å². The van der Waals surface area contributed by atoms with Gasteiger partial charge in [0.2, 0.25) is 5.82 Å². The predicted molar refractivity (Wildman–Crippen MR) is 109 cm³/mol. The van der Waals surface area contributed by atoms with Gasteiger partial charge < -0.3 is 10.2 Å². The molecule has 0 atom stereocenters. The number of anilines is 1. The lowest BCUT2D eigenvalue weighted by Crippen LogP contribution is -2.38. The number of pyridine rings is 1. The number of carbonyl (C=O) groups excluding carboxylic acids is 2. The van der Waals surface area contributed by atoms with Gasteiger partial charge in [-0.05, 0) is 49.1 Å². The summed E-state index contributed by atoms with van der Waals surface area (Å²) in [7, 11) is 0. The molecule has 7 heteroatoms. The molecule has 4 rings (SSSR count). The summed E-state index contributed by atoms with van der Waals surface area (Å²) in [4.78, 5) is 32.1. The molecule has 0 radical (unpaired) electrons. The summed E-state index contributed by atoms with van der Waals surface area (Å²) in [5, 5.41) is 3.33. The SMILES string of the molecule is CC1CCN(C(=O)c2nc(C(=O)Nc3cccc(Cl)c3)n3ccccc23)CC1. The first kappa shape index (κ1) is 18.5. The van der Waals surface area contributed by atoms with E-state index in [1.807, 2.05) is 23.1 Å². The van der Waals surface area contributed by atoms with Crippen molar-refractivity contribution in [1.82, 2.24) is 14.3 Å². The first-order valence-electron chi connectivity index (χ1n) is 9.36. The van der Waals surface area contributed by atoms with Crippen LogP contribution in [0.3, 0.4) is 0 Å². The van der Waals surface area contributed by atoms with Crippen molar-refractivity contribution in [2.45, 2.75) is 19.8 Å². The van der Waals surface area contributed by atoms with Gasteiger partial charge in [-0.25, -0.2) is 4.98 Å². The van der Waals surface area contributed by atoms with Crippen LogP contribution in [-0.2, 0) is 0 Å². The van der Waals surface area contributed by atoms with Gasteiger partial charge in [0.05, 0.1) is 5.52 Å². The van der Waals surface area contributed by atoms with Gasteiger partial charge >= 0.3 is 0 Å². The number of carbonyl (C=O) groups is 2. The first-order chi connectivity index (χ1) is 13.5. The van der Waals surface area contributed by atoms with E-state index in [1.54, 1.807) is 34.9 Å². The van der Waals surface area contributed by atoms with Gasteiger partial charge in [0, 0.05) is 30.0 Å². The van der Waals surface area contributed by atoms with Crippen LogP contribution in [-0.4, -0.2) is 39.2 Å². The van der Waals surface area contributed by atoms with Crippen molar-refractivity contribution in [1.29, 1.82) is 0 Å². The summed E-state index contributed by atoms with van der Waals surface area (Å²) in [5.74, 6) is 0.276. The fraction of sp³-hybridized carbons (Fsp3) is 0.286. The topological polar surface area (TPSA) is 66.7 Å². The molecule has 0 aliphatic carbocycles. The van der Waals surface area contributed by atoms with E-state index < -0.39 is 5.91 Å². The zero-order valence-electron chi connectivity index (χ0n) is 15.6. The highest BCUT2D eigenvalue weighted by Crippen LogP contribution is 2.22. The molecule has 2 amide bonds. The highest BCUT2D eigenvalue weighted by atomic mass is 35.5. The molecule has 1 N–H and O–H groups in total. The number of benzene rings is 1. The van der Waals surface area contributed by atoms with E-state index in [9.17, 15) is 9.59 Å². The van der Waals surface area contributed by atoms with Crippen molar-refractivity contribution < 1.29 is 9.59 Å². The first-order valence-corrected chi connectivity index (χ1v) is 9.74. The van der Waals surface area contributed by atoms with Crippen LogP contribution in [0.25, 0.3) is 5.52 Å². The van der Waals surface area contributed by atoms with Gasteiger partial charge in [0.25, 0.3) is 11.8 Å². The lowest BCUT2D eigenvalue weighted by atomic mass is 9.99. The molecule has 6 nitrogen and oxygen atoms in total. The molecular formula is C21H21ClN4O2. The number of aromatic nitrogens is 2. The van der Waals surface area contributed by atoms with E-state index in [2.05, 4.69) is 17.2 Å². The van der Waals surface area contributed by atoms with Gasteiger partial charge in [-0.2, -0.15) is 0 Å². The summed E-state index contributed by atoms with van der Waals surface area (Å²) < 4.78 is 1.65. The zero-order valence-corrected chi connectivity index (χ0v) is 16.3. The average molecular weight is 397 g/mol. The Balaban J connectivity index is 1.66. The fourth-order valence-corrected chi connectivity index (χ4v) is 3.66. The summed E-state index contributed by atoms with van der Waals surface area (Å²) in [5.41, 5.74) is 1.51. The predicted octanol–water partition coefficient (Wildman–Crippen LogP) is 4.11. The molecule has 1 saturated heterocycles. The Morgan fingerprint density at radius 1 is 1.14 bits per heavy atom. The van der Waals surface area contributed by atoms with E-state index >= 15 is 0 Å². The van der Waals surface area contributed by atoms with E-state index in [0.29, 0.717) is 27.8 Å². The Morgan fingerprint density at radius 2 is 1.93 bits per heavy atom. The number of halogens is 1. The Bertz CT molecular complexity index is 1040. The monoisotopic (exact) mass is 396 g/mol. The fourth-order valence-electron chi connectivity index (χ4n) is 3.47. The van der Waals surface area contributed by atoms with Gasteiger partial charge in [-0.1, -0.05) is 30.7 Å². The summed E-state index contributed by atoms with van der Waals surface area (Å²) in [6.45, 7) is 3.64. The van der Waals surface area contributed by atoms with Crippen LogP contribution in [0.5, 0.6) is 0 Å². The largest absolute Gasteiger partial charge is 0.337 e. The van der Waals surface area contributed by atoms with E-state index in [1.165, 1.54) is 0 Å². The average Bonchev–Trinajstić information content (AvgIpc) is 3.08. The summed E-state index contributed by atoms with van der Waals surface area (Å²) >= 11 is 5.99. The Kier molecular flexibility index (Phi) is 5.05. The van der Waals surface area contributed by atoms with E-state index in [-0.39, 0.29) is 11.7 Å². The number of hydrogen-bond donors (Lipinski definition) is 1. The molecule has 0 unspecified atom stereocenters. The third kappa shape index (κ3) is 3.60. The zero-order chi connectivity index (χ0) is 19.7. The Hall–Kier alpha value is -2.86. The molecule has 0 saturated carbocycles. The van der Waals surface area contributed by atoms with Crippen molar-refractivity contribution >= 4 is 34.6 Å². The van der Waals surface area contributed by atoms with Crippen LogP contribution in [0, 0.1) is 5.92 Å². The van der Waals surface area contributed by atoms with Crippen LogP contribution in [0.1, 0.15) is 40.9 Å². The van der Waals surface area contributed by atoms with Crippen molar-refractivity contribution in [2.75, 3.05) is 18.4 Å². The van der Waals surface area contributed by atoms with E-state index in [4.69, 9.17) is 11.6 Å². The highest BCUT2D eigenvalue weighted by molar-refractivity contribution is 6.31. The van der Waals surface area contributed by atoms with Gasteiger partial charge in [-0.3, -0.25) is 14.0 Å². The smallest absolute Gasteiger partial charge is 0.292 e. The van der Waals surface area contributed by atoms with Gasteiger partial charge in [0.1, 0.15) is 0 Å².